The quantitative estimate of drug-likeness (QED) is 0.397. The van der Waals surface area contributed by atoms with Gasteiger partial charge in [0, 0.05) is 17.8 Å². The smallest absolute Gasteiger partial charge is 0.333 e. The fraction of sp³-hybridized carbons (Fsp3) is 0.286. The van der Waals surface area contributed by atoms with Crippen molar-refractivity contribution in [3.8, 4) is 0 Å². The third-order valence-electron chi connectivity index (χ3n) is 3.82. The average molecular weight is 387 g/mol. The second-order valence-corrected chi connectivity index (χ2v) is 6.05. The number of esters is 1. The lowest BCUT2D eigenvalue weighted by molar-refractivity contribution is -0.138. The summed E-state index contributed by atoms with van der Waals surface area (Å²) in [5.74, 6) is -0.354. The molecule has 144 valence electrons. The van der Waals surface area contributed by atoms with Crippen molar-refractivity contribution in [3.05, 3.63) is 66.2 Å². The third-order valence-corrected chi connectivity index (χ3v) is 3.82. The van der Waals surface area contributed by atoms with Crippen LogP contribution in [0.3, 0.4) is 0 Å². The number of hydrogen-bond acceptors (Lipinski definition) is 5. The Morgan fingerprint density at radius 3 is 2.37 bits per heavy atom. The first-order valence-corrected chi connectivity index (χ1v) is 8.65. The Morgan fingerprint density at radius 2 is 1.78 bits per heavy atom. The summed E-state index contributed by atoms with van der Waals surface area (Å²) in [6, 6.07) is 15.8. The lowest BCUT2D eigenvalue weighted by atomic mass is 10.2. The summed E-state index contributed by atoms with van der Waals surface area (Å²) in [5.41, 5.74) is 4.25. The molecule has 2 aromatic rings. The van der Waals surface area contributed by atoms with Crippen LogP contribution in [0.25, 0.3) is 0 Å². The number of azo groups is 1. The van der Waals surface area contributed by atoms with Crippen LogP contribution < -0.4 is 17.3 Å². The molecule has 0 radical (unpaired) electrons. The van der Waals surface area contributed by atoms with E-state index >= 15 is 0 Å². The average Bonchev–Trinajstić information content (AvgIpc) is 2.64. The molecule has 0 atom stereocenters. The van der Waals surface area contributed by atoms with E-state index in [-0.39, 0.29) is 18.4 Å². The minimum absolute atomic E-state index is 0. The predicted octanol–water partition coefficient (Wildman–Crippen LogP) is 2.36. The van der Waals surface area contributed by atoms with Crippen molar-refractivity contribution in [2.24, 2.45) is 10.2 Å². The van der Waals surface area contributed by atoms with Crippen LogP contribution >= 0.6 is 0 Å². The highest BCUT2D eigenvalue weighted by molar-refractivity contribution is 5.86. The summed E-state index contributed by atoms with van der Waals surface area (Å²) >= 11 is 0. The van der Waals surface area contributed by atoms with Gasteiger partial charge in [0.15, 0.2) is 0 Å². The summed E-state index contributed by atoms with van der Waals surface area (Å²) in [7, 11) is 0. The Morgan fingerprint density at radius 1 is 1.11 bits per heavy atom. The van der Waals surface area contributed by atoms with Gasteiger partial charge < -0.3 is 22.0 Å². The van der Waals surface area contributed by atoms with E-state index in [1.54, 1.807) is 6.92 Å². The Balaban J connectivity index is 0.00000364. The third kappa shape index (κ3) is 7.23. The molecule has 0 aliphatic carbocycles. The SMILES string of the molecule is C=C(C)C(=O)OCCN(CC)c1ccc(N=Nc2cccc(C)c2)cc1.[Cl-]. The van der Waals surface area contributed by atoms with E-state index in [0.29, 0.717) is 18.7 Å². The van der Waals surface area contributed by atoms with E-state index in [1.165, 1.54) is 0 Å². The fourth-order valence-corrected chi connectivity index (χ4v) is 2.38. The Hall–Kier alpha value is -2.66. The van der Waals surface area contributed by atoms with Gasteiger partial charge in [0.1, 0.15) is 6.61 Å². The maximum atomic E-state index is 11.4. The first kappa shape index (κ1) is 22.4. The summed E-state index contributed by atoms with van der Waals surface area (Å²) in [6.45, 7) is 11.1. The normalized spacial score (nSPS) is 10.3. The maximum Gasteiger partial charge on any atom is 0.333 e. The molecule has 0 heterocycles. The van der Waals surface area contributed by atoms with Gasteiger partial charge >= 0.3 is 5.97 Å². The molecule has 2 rings (SSSR count). The van der Waals surface area contributed by atoms with Crippen LogP contribution in [0.15, 0.2) is 70.9 Å². The monoisotopic (exact) mass is 386 g/mol. The largest absolute Gasteiger partial charge is 1.00 e. The molecule has 0 bridgehead atoms. The van der Waals surface area contributed by atoms with Gasteiger partial charge in [-0.25, -0.2) is 4.79 Å². The number of nitrogens with zero attached hydrogens (tertiary/aromatic N) is 3. The van der Waals surface area contributed by atoms with Gasteiger partial charge in [-0.15, -0.1) is 0 Å². The highest BCUT2D eigenvalue weighted by atomic mass is 35.5. The van der Waals surface area contributed by atoms with E-state index in [2.05, 4.69) is 28.6 Å². The zero-order valence-corrected chi connectivity index (χ0v) is 16.7. The molecule has 0 saturated heterocycles. The first-order valence-electron chi connectivity index (χ1n) is 8.65. The van der Waals surface area contributed by atoms with Crippen molar-refractivity contribution >= 4 is 23.0 Å². The maximum absolute atomic E-state index is 11.4. The molecule has 0 fully saturated rings. The number of rotatable bonds is 8. The lowest BCUT2D eigenvalue weighted by Gasteiger charge is -2.22. The van der Waals surface area contributed by atoms with E-state index in [4.69, 9.17) is 4.74 Å². The van der Waals surface area contributed by atoms with E-state index in [1.807, 2.05) is 55.5 Å². The van der Waals surface area contributed by atoms with Crippen molar-refractivity contribution in [2.75, 3.05) is 24.6 Å². The Bertz CT molecular complexity index is 788. The highest BCUT2D eigenvalue weighted by Gasteiger charge is 2.07. The molecule has 0 saturated carbocycles. The molecule has 0 amide bonds. The zero-order valence-electron chi connectivity index (χ0n) is 16.0. The molecule has 6 heteroatoms. The van der Waals surface area contributed by atoms with Gasteiger partial charge in [-0.3, -0.25) is 0 Å². The van der Waals surface area contributed by atoms with Crippen LogP contribution in [-0.4, -0.2) is 25.7 Å². The highest BCUT2D eigenvalue weighted by Crippen LogP contribution is 2.22. The molecule has 0 aliphatic heterocycles. The van der Waals surface area contributed by atoms with Gasteiger partial charge in [-0.1, -0.05) is 18.7 Å². The molecule has 0 N–H and O–H groups in total. The number of carbonyl (C=O) groups excluding carboxylic acids is 1. The molecule has 0 unspecified atom stereocenters. The second-order valence-electron chi connectivity index (χ2n) is 6.05. The van der Waals surface area contributed by atoms with E-state index in [0.717, 1.165) is 29.2 Å². The molecular formula is C21H25ClN3O2-. The Kier molecular flexibility index (Phi) is 9.23. The number of halogens is 1. The molecule has 0 aromatic heterocycles. The van der Waals surface area contributed by atoms with Crippen molar-refractivity contribution in [1.82, 2.24) is 0 Å². The van der Waals surface area contributed by atoms with Gasteiger partial charge in [0.25, 0.3) is 0 Å². The molecule has 2 aromatic carbocycles. The summed E-state index contributed by atoms with van der Waals surface area (Å²) in [5, 5.41) is 8.54. The van der Waals surface area contributed by atoms with Crippen LogP contribution in [0.1, 0.15) is 19.4 Å². The van der Waals surface area contributed by atoms with Crippen molar-refractivity contribution in [1.29, 1.82) is 0 Å². The lowest BCUT2D eigenvalue weighted by Crippen LogP contribution is -3.00. The summed E-state index contributed by atoms with van der Waals surface area (Å²) in [6.07, 6.45) is 0. The molecule has 0 spiro atoms. The van der Waals surface area contributed by atoms with Crippen molar-refractivity contribution < 1.29 is 21.9 Å². The van der Waals surface area contributed by atoms with Gasteiger partial charge in [0.05, 0.1) is 17.9 Å². The van der Waals surface area contributed by atoms with Crippen LogP contribution in [0.4, 0.5) is 17.1 Å². The van der Waals surface area contributed by atoms with E-state index in [9.17, 15) is 4.79 Å². The minimum atomic E-state index is -0.354. The number of ether oxygens (including phenoxy) is 1. The standard InChI is InChI=1S/C21H25N3O2.ClH/c1-5-24(13-14-26-21(25)16(2)3)20-11-9-18(10-12-20)22-23-19-8-6-7-17(4)15-19;/h6-12,15H,2,5,13-14H2,1,3-4H3;1H/p-1. The van der Waals surface area contributed by atoms with Gasteiger partial charge in [0.2, 0.25) is 0 Å². The molecule has 0 aliphatic rings. The number of likely N-dealkylation sites (N-methyl/N-ethyl adjacent to an activating group) is 1. The van der Waals surface area contributed by atoms with Crippen molar-refractivity contribution in [2.45, 2.75) is 20.8 Å². The first-order chi connectivity index (χ1) is 12.5. The molecule has 5 nitrogen and oxygen atoms in total. The number of aryl methyl sites for hydroxylation is 1. The van der Waals surface area contributed by atoms with Crippen LogP contribution in [-0.2, 0) is 9.53 Å². The van der Waals surface area contributed by atoms with Crippen LogP contribution in [0.2, 0.25) is 0 Å². The van der Waals surface area contributed by atoms with Crippen LogP contribution in [0.5, 0.6) is 0 Å². The number of hydrogen-bond donors (Lipinski definition) is 0. The second kappa shape index (κ2) is 11.1. The van der Waals surface area contributed by atoms with E-state index < -0.39 is 0 Å². The van der Waals surface area contributed by atoms with Gasteiger partial charge in [-0.05, 0) is 62.7 Å². The Labute approximate surface area is 167 Å². The van der Waals surface area contributed by atoms with Gasteiger partial charge in [-0.2, -0.15) is 10.2 Å². The van der Waals surface area contributed by atoms with Crippen molar-refractivity contribution in [3.63, 3.8) is 0 Å². The number of carbonyl (C=O) groups is 1. The minimum Gasteiger partial charge on any atom is -1.00 e. The summed E-state index contributed by atoms with van der Waals surface area (Å²) in [4.78, 5) is 13.6. The fourth-order valence-electron chi connectivity index (χ4n) is 2.38. The van der Waals surface area contributed by atoms with Crippen LogP contribution in [0, 0.1) is 6.92 Å². The zero-order chi connectivity index (χ0) is 18.9. The number of benzene rings is 2. The molecule has 27 heavy (non-hydrogen) atoms. The number of anilines is 1. The predicted molar refractivity (Wildman–Crippen MR) is 105 cm³/mol. The topological polar surface area (TPSA) is 54.3 Å². The summed E-state index contributed by atoms with van der Waals surface area (Å²) < 4.78 is 5.16. The molecular weight excluding hydrogens is 362 g/mol.